The lowest BCUT2D eigenvalue weighted by molar-refractivity contribution is 0.213. The average molecular weight is 177 g/mol. The lowest BCUT2D eigenvalue weighted by atomic mass is 10.1. The molecular weight excluding hydrogens is 166 g/mol. The van der Waals surface area contributed by atoms with Gasteiger partial charge in [-0.3, -0.25) is 0 Å². The molecule has 0 aromatic heterocycles. The lowest BCUT2D eigenvalue weighted by Crippen LogP contribution is -1.88. The number of benzene rings is 1. The second kappa shape index (κ2) is 5.09. The Morgan fingerprint density at radius 1 is 1.38 bits per heavy atom. The Hall–Kier alpha value is -1.64. The molecule has 0 aliphatic heterocycles. The summed E-state index contributed by atoms with van der Waals surface area (Å²) in [7, 11) is 0. The van der Waals surface area contributed by atoms with Crippen LogP contribution in [0.15, 0.2) is 48.0 Å². The van der Waals surface area contributed by atoms with Crippen molar-refractivity contribution in [3.05, 3.63) is 53.1 Å². The molecule has 0 amide bonds. The maximum Gasteiger partial charge on any atom is 0.160 e. The molecule has 0 fully saturated rings. The molecule has 0 N–H and O–H groups in total. The summed E-state index contributed by atoms with van der Waals surface area (Å²) in [6.45, 7) is 3.54. The van der Waals surface area contributed by atoms with Gasteiger partial charge in [0.25, 0.3) is 0 Å². The standard InChI is InChI=1S/C10H11NO2/c1-9(13-11-12)7-8-10-5-3-2-4-6-10/h2-6H,1,7-8H2. The van der Waals surface area contributed by atoms with Crippen molar-refractivity contribution in [2.24, 2.45) is 5.34 Å². The summed E-state index contributed by atoms with van der Waals surface area (Å²) in [5.74, 6) is 0.402. The minimum absolute atomic E-state index is 0.402. The molecule has 1 aromatic carbocycles. The highest BCUT2D eigenvalue weighted by Crippen LogP contribution is 2.08. The van der Waals surface area contributed by atoms with Crippen LogP contribution in [-0.4, -0.2) is 0 Å². The summed E-state index contributed by atoms with van der Waals surface area (Å²) in [5.41, 5.74) is 1.19. The monoisotopic (exact) mass is 177 g/mol. The first-order valence-electron chi connectivity index (χ1n) is 4.04. The van der Waals surface area contributed by atoms with Gasteiger partial charge in [0.05, 0.1) is 0 Å². The van der Waals surface area contributed by atoms with Gasteiger partial charge in [-0.25, -0.2) is 0 Å². The summed E-state index contributed by atoms with van der Waals surface area (Å²) < 4.78 is 0. The first-order valence-corrected chi connectivity index (χ1v) is 4.04. The van der Waals surface area contributed by atoms with E-state index in [9.17, 15) is 4.91 Å². The van der Waals surface area contributed by atoms with Crippen LogP contribution >= 0.6 is 0 Å². The predicted molar refractivity (Wildman–Crippen MR) is 50.8 cm³/mol. The lowest BCUT2D eigenvalue weighted by Gasteiger charge is -2.00. The van der Waals surface area contributed by atoms with Gasteiger partial charge in [0.2, 0.25) is 0 Å². The van der Waals surface area contributed by atoms with Crippen LogP contribution in [0.25, 0.3) is 0 Å². The molecule has 0 aliphatic carbocycles. The smallest absolute Gasteiger partial charge is 0.160 e. The minimum Gasteiger partial charge on any atom is -0.329 e. The zero-order valence-electron chi connectivity index (χ0n) is 7.27. The topological polar surface area (TPSA) is 38.7 Å². The van der Waals surface area contributed by atoms with E-state index < -0.39 is 0 Å². The van der Waals surface area contributed by atoms with Gasteiger partial charge < -0.3 is 4.84 Å². The van der Waals surface area contributed by atoms with Gasteiger partial charge in [0, 0.05) is 6.42 Å². The van der Waals surface area contributed by atoms with Gasteiger partial charge in [0.1, 0.15) is 5.76 Å². The molecule has 0 radical (unpaired) electrons. The zero-order chi connectivity index (χ0) is 9.52. The van der Waals surface area contributed by atoms with Crippen molar-refractivity contribution >= 4 is 0 Å². The van der Waals surface area contributed by atoms with E-state index in [0.717, 1.165) is 6.42 Å². The Morgan fingerprint density at radius 3 is 2.69 bits per heavy atom. The Bertz CT molecular complexity index is 282. The van der Waals surface area contributed by atoms with E-state index in [2.05, 4.69) is 16.8 Å². The van der Waals surface area contributed by atoms with Crippen LogP contribution in [0.5, 0.6) is 0 Å². The van der Waals surface area contributed by atoms with E-state index in [1.165, 1.54) is 5.56 Å². The molecule has 1 rings (SSSR count). The van der Waals surface area contributed by atoms with Crippen LogP contribution in [0.2, 0.25) is 0 Å². The molecule has 3 nitrogen and oxygen atoms in total. The van der Waals surface area contributed by atoms with Crippen LogP contribution < -0.4 is 0 Å². The van der Waals surface area contributed by atoms with E-state index in [0.29, 0.717) is 12.2 Å². The largest absolute Gasteiger partial charge is 0.329 e. The summed E-state index contributed by atoms with van der Waals surface area (Å²) in [5, 5.41) is 2.30. The van der Waals surface area contributed by atoms with Crippen molar-refractivity contribution in [1.82, 2.24) is 0 Å². The number of rotatable bonds is 5. The number of allylic oxidation sites excluding steroid dienone is 1. The molecule has 0 aliphatic rings. The van der Waals surface area contributed by atoms with Gasteiger partial charge in [-0.1, -0.05) is 36.9 Å². The first kappa shape index (κ1) is 9.45. The molecular formula is C10H11NO2. The fourth-order valence-electron chi connectivity index (χ4n) is 1.03. The number of nitrogens with zero attached hydrogens (tertiary/aromatic N) is 1. The summed E-state index contributed by atoms with van der Waals surface area (Å²) >= 11 is 0. The van der Waals surface area contributed by atoms with E-state index >= 15 is 0 Å². The Balaban J connectivity index is 2.35. The van der Waals surface area contributed by atoms with E-state index in [-0.39, 0.29) is 0 Å². The molecule has 0 atom stereocenters. The molecule has 3 heteroatoms. The first-order chi connectivity index (χ1) is 6.33. The Labute approximate surface area is 77.0 Å². The van der Waals surface area contributed by atoms with Gasteiger partial charge in [0.15, 0.2) is 5.34 Å². The predicted octanol–water partition coefficient (Wildman–Crippen LogP) is 2.83. The van der Waals surface area contributed by atoms with Crippen LogP contribution in [0.1, 0.15) is 12.0 Å². The highest BCUT2D eigenvalue weighted by atomic mass is 16.7. The molecule has 1 aromatic rings. The average Bonchev–Trinajstić information content (AvgIpc) is 2.17. The van der Waals surface area contributed by atoms with E-state index in [1.807, 2.05) is 30.3 Å². The van der Waals surface area contributed by atoms with Crippen molar-refractivity contribution in [2.45, 2.75) is 12.8 Å². The number of aryl methyl sites for hydroxylation is 1. The molecule has 0 bridgehead atoms. The quantitative estimate of drug-likeness (QED) is 0.394. The van der Waals surface area contributed by atoms with E-state index in [4.69, 9.17) is 0 Å². The molecule has 0 heterocycles. The second-order valence-corrected chi connectivity index (χ2v) is 2.69. The Kier molecular flexibility index (Phi) is 3.70. The van der Waals surface area contributed by atoms with Gasteiger partial charge in [-0.15, -0.1) is 4.91 Å². The third-order valence-electron chi connectivity index (χ3n) is 1.70. The SMILES string of the molecule is C=C(CCc1ccccc1)ON=O. The fraction of sp³-hybridized carbons (Fsp3) is 0.200. The Morgan fingerprint density at radius 2 is 2.08 bits per heavy atom. The van der Waals surface area contributed by atoms with Crippen molar-refractivity contribution in [1.29, 1.82) is 0 Å². The third-order valence-corrected chi connectivity index (χ3v) is 1.70. The maximum absolute atomic E-state index is 9.69. The molecule has 68 valence electrons. The van der Waals surface area contributed by atoms with Gasteiger partial charge >= 0.3 is 0 Å². The van der Waals surface area contributed by atoms with Crippen LogP contribution in [0.4, 0.5) is 0 Å². The van der Waals surface area contributed by atoms with E-state index in [1.54, 1.807) is 0 Å². The van der Waals surface area contributed by atoms with Crippen LogP contribution in [0, 0.1) is 4.91 Å². The summed E-state index contributed by atoms with van der Waals surface area (Å²) in [4.78, 5) is 14.0. The maximum atomic E-state index is 9.69. The molecule has 13 heavy (non-hydrogen) atoms. The second-order valence-electron chi connectivity index (χ2n) is 2.69. The molecule has 0 spiro atoms. The third kappa shape index (κ3) is 3.51. The number of hydrogen-bond donors (Lipinski definition) is 0. The zero-order valence-corrected chi connectivity index (χ0v) is 7.27. The minimum atomic E-state index is 0.402. The van der Waals surface area contributed by atoms with Crippen LogP contribution in [0.3, 0.4) is 0 Å². The molecule has 0 saturated carbocycles. The fourth-order valence-corrected chi connectivity index (χ4v) is 1.03. The summed E-state index contributed by atoms with van der Waals surface area (Å²) in [6.07, 6.45) is 1.44. The number of hydrogen-bond acceptors (Lipinski definition) is 3. The van der Waals surface area contributed by atoms with Crippen molar-refractivity contribution in [3.63, 3.8) is 0 Å². The van der Waals surface area contributed by atoms with Crippen molar-refractivity contribution in [2.75, 3.05) is 0 Å². The highest BCUT2D eigenvalue weighted by molar-refractivity contribution is 5.15. The normalized spacial score (nSPS) is 9.23. The molecule has 0 unspecified atom stereocenters. The van der Waals surface area contributed by atoms with Crippen molar-refractivity contribution in [3.8, 4) is 0 Å². The van der Waals surface area contributed by atoms with Crippen LogP contribution in [-0.2, 0) is 11.3 Å². The van der Waals surface area contributed by atoms with Gasteiger partial charge in [-0.05, 0) is 12.0 Å². The van der Waals surface area contributed by atoms with Gasteiger partial charge in [-0.2, -0.15) is 0 Å². The highest BCUT2D eigenvalue weighted by Gasteiger charge is 1.96. The summed E-state index contributed by atoms with van der Waals surface area (Å²) in [6, 6.07) is 9.93. The molecule has 0 saturated heterocycles. The van der Waals surface area contributed by atoms with Crippen molar-refractivity contribution < 1.29 is 4.84 Å².